The van der Waals surface area contributed by atoms with E-state index in [2.05, 4.69) is 5.32 Å². The van der Waals surface area contributed by atoms with Gasteiger partial charge < -0.3 is 19.5 Å². The number of benzene rings is 2. The Kier molecular flexibility index (Phi) is 6.28. The predicted octanol–water partition coefficient (Wildman–Crippen LogP) is 3.98. The molecule has 5 heteroatoms. The van der Waals surface area contributed by atoms with Crippen LogP contribution in [-0.4, -0.2) is 26.2 Å². The minimum atomic E-state index is -0.168. The van der Waals surface area contributed by atoms with Crippen LogP contribution in [0, 0.1) is 0 Å². The van der Waals surface area contributed by atoms with Gasteiger partial charge in [0.15, 0.2) is 11.5 Å². The second-order valence-electron chi connectivity index (χ2n) is 6.00. The average Bonchev–Trinajstić information content (AvgIpc) is 2.61. The van der Waals surface area contributed by atoms with Crippen LogP contribution < -0.4 is 19.5 Å². The van der Waals surface area contributed by atoms with Gasteiger partial charge in [0.05, 0.1) is 26.4 Å². The highest BCUT2D eigenvalue weighted by Gasteiger charge is 2.14. The smallest absolute Gasteiger partial charge is 0.251 e. The molecule has 0 aromatic heterocycles. The summed E-state index contributed by atoms with van der Waals surface area (Å²) in [6.07, 6.45) is 0.102. The standard InChI is InChI=1S/C20H25NO4/c1-13(2)25-17-9-6-15(7-10-17)20(22)21-14(3)16-8-11-18(23-4)19(12-16)24-5/h6-14H,1-5H3,(H,21,22)/t14-/m1/s1. The number of hydrogen-bond acceptors (Lipinski definition) is 4. The van der Waals surface area contributed by atoms with E-state index in [1.54, 1.807) is 38.5 Å². The molecular weight excluding hydrogens is 318 g/mol. The summed E-state index contributed by atoms with van der Waals surface area (Å²) in [4.78, 5) is 12.4. The largest absolute Gasteiger partial charge is 0.493 e. The number of ether oxygens (including phenoxy) is 3. The second-order valence-corrected chi connectivity index (χ2v) is 6.00. The molecule has 1 amide bonds. The van der Waals surface area contributed by atoms with E-state index in [1.165, 1.54) is 0 Å². The zero-order chi connectivity index (χ0) is 18.4. The molecule has 25 heavy (non-hydrogen) atoms. The molecule has 2 rings (SSSR count). The monoisotopic (exact) mass is 343 g/mol. The normalized spacial score (nSPS) is 11.8. The van der Waals surface area contributed by atoms with Crippen molar-refractivity contribution < 1.29 is 19.0 Å². The Morgan fingerprint density at radius 3 is 2.12 bits per heavy atom. The first-order valence-corrected chi connectivity index (χ1v) is 8.24. The van der Waals surface area contributed by atoms with Gasteiger partial charge in [0.1, 0.15) is 5.75 Å². The van der Waals surface area contributed by atoms with Crippen LogP contribution in [0.5, 0.6) is 17.2 Å². The number of rotatable bonds is 7. The van der Waals surface area contributed by atoms with Crippen molar-refractivity contribution in [1.82, 2.24) is 5.32 Å². The van der Waals surface area contributed by atoms with Crippen LogP contribution in [0.2, 0.25) is 0 Å². The van der Waals surface area contributed by atoms with E-state index in [0.717, 1.165) is 11.3 Å². The van der Waals surface area contributed by atoms with Crippen LogP contribution in [0.15, 0.2) is 42.5 Å². The van der Waals surface area contributed by atoms with Gasteiger partial charge in [0.25, 0.3) is 5.91 Å². The van der Waals surface area contributed by atoms with Gasteiger partial charge in [-0.2, -0.15) is 0 Å². The molecule has 0 spiro atoms. The number of carbonyl (C=O) groups excluding carboxylic acids is 1. The van der Waals surface area contributed by atoms with Crippen LogP contribution in [0.4, 0.5) is 0 Å². The van der Waals surface area contributed by atoms with Crippen molar-refractivity contribution in [2.24, 2.45) is 0 Å². The Morgan fingerprint density at radius 2 is 1.56 bits per heavy atom. The summed E-state index contributed by atoms with van der Waals surface area (Å²) in [5.41, 5.74) is 1.52. The van der Waals surface area contributed by atoms with E-state index in [-0.39, 0.29) is 18.1 Å². The third-order valence-electron chi connectivity index (χ3n) is 3.74. The van der Waals surface area contributed by atoms with Crippen molar-refractivity contribution in [3.8, 4) is 17.2 Å². The molecule has 0 bridgehead atoms. The van der Waals surface area contributed by atoms with Gasteiger partial charge in [0, 0.05) is 5.56 Å². The molecule has 2 aromatic carbocycles. The van der Waals surface area contributed by atoms with Crippen molar-refractivity contribution in [2.75, 3.05) is 14.2 Å². The first-order chi connectivity index (χ1) is 11.9. The lowest BCUT2D eigenvalue weighted by molar-refractivity contribution is 0.0940. The minimum absolute atomic E-state index is 0.102. The zero-order valence-electron chi connectivity index (χ0n) is 15.3. The van der Waals surface area contributed by atoms with E-state index in [0.29, 0.717) is 17.1 Å². The maximum absolute atomic E-state index is 12.4. The number of amides is 1. The van der Waals surface area contributed by atoms with Gasteiger partial charge in [-0.3, -0.25) is 4.79 Å². The fraction of sp³-hybridized carbons (Fsp3) is 0.350. The summed E-state index contributed by atoms with van der Waals surface area (Å²) in [7, 11) is 3.18. The average molecular weight is 343 g/mol. The molecule has 0 radical (unpaired) electrons. The Hall–Kier alpha value is -2.69. The maximum Gasteiger partial charge on any atom is 0.251 e. The van der Waals surface area contributed by atoms with E-state index in [9.17, 15) is 4.79 Å². The first-order valence-electron chi connectivity index (χ1n) is 8.24. The summed E-state index contributed by atoms with van der Waals surface area (Å²) in [6, 6.07) is 12.6. The van der Waals surface area contributed by atoms with E-state index in [1.807, 2.05) is 39.0 Å². The fourth-order valence-electron chi connectivity index (χ4n) is 2.44. The van der Waals surface area contributed by atoms with Crippen LogP contribution in [0.1, 0.15) is 42.7 Å². The molecule has 1 atom stereocenters. The van der Waals surface area contributed by atoms with Crippen molar-refractivity contribution in [3.63, 3.8) is 0 Å². The number of methoxy groups -OCH3 is 2. The van der Waals surface area contributed by atoms with E-state index in [4.69, 9.17) is 14.2 Å². The topological polar surface area (TPSA) is 56.8 Å². The SMILES string of the molecule is COc1ccc([C@@H](C)NC(=O)c2ccc(OC(C)C)cc2)cc1OC. The minimum Gasteiger partial charge on any atom is -0.493 e. The highest BCUT2D eigenvalue weighted by molar-refractivity contribution is 5.94. The second kappa shape index (κ2) is 8.42. The molecule has 0 saturated carbocycles. The van der Waals surface area contributed by atoms with Crippen LogP contribution >= 0.6 is 0 Å². The van der Waals surface area contributed by atoms with E-state index >= 15 is 0 Å². The van der Waals surface area contributed by atoms with Crippen LogP contribution in [-0.2, 0) is 0 Å². The summed E-state index contributed by atoms with van der Waals surface area (Å²) in [5, 5.41) is 2.99. The van der Waals surface area contributed by atoms with Gasteiger partial charge in [-0.1, -0.05) is 6.07 Å². The Labute approximate surface area is 148 Å². The highest BCUT2D eigenvalue weighted by Crippen LogP contribution is 2.30. The van der Waals surface area contributed by atoms with Crippen molar-refractivity contribution >= 4 is 5.91 Å². The van der Waals surface area contributed by atoms with Crippen molar-refractivity contribution in [3.05, 3.63) is 53.6 Å². The molecule has 134 valence electrons. The molecule has 0 saturated heterocycles. The molecule has 2 aromatic rings. The number of nitrogens with one attached hydrogen (secondary N) is 1. The summed E-state index contributed by atoms with van der Waals surface area (Å²) >= 11 is 0. The number of carbonyl (C=O) groups is 1. The third kappa shape index (κ3) is 4.89. The van der Waals surface area contributed by atoms with Gasteiger partial charge >= 0.3 is 0 Å². The molecule has 5 nitrogen and oxygen atoms in total. The Bertz CT molecular complexity index is 710. The molecule has 0 aliphatic rings. The lowest BCUT2D eigenvalue weighted by Crippen LogP contribution is -2.26. The Morgan fingerprint density at radius 1 is 0.920 bits per heavy atom. The van der Waals surface area contributed by atoms with Gasteiger partial charge in [-0.25, -0.2) is 0 Å². The van der Waals surface area contributed by atoms with Crippen LogP contribution in [0.3, 0.4) is 0 Å². The van der Waals surface area contributed by atoms with Gasteiger partial charge in [-0.05, 0) is 62.7 Å². The summed E-state index contributed by atoms with van der Waals surface area (Å²) in [6.45, 7) is 5.85. The molecule has 0 aliphatic carbocycles. The molecule has 0 fully saturated rings. The summed E-state index contributed by atoms with van der Waals surface area (Å²) in [5.74, 6) is 1.90. The van der Waals surface area contributed by atoms with Gasteiger partial charge in [-0.15, -0.1) is 0 Å². The maximum atomic E-state index is 12.4. The van der Waals surface area contributed by atoms with Crippen LogP contribution in [0.25, 0.3) is 0 Å². The molecule has 0 heterocycles. The third-order valence-corrected chi connectivity index (χ3v) is 3.74. The fourth-order valence-corrected chi connectivity index (χ4v) is 2.44. The lowest BCUT2D eigenvalue weighted by atomic mass is 10.1. The molecule has 0 aliphatic heterocycles. The molecule has 0 unspecified atom stereocenters. The Balaban J connectivity index is 2.06. The predicted molar refractivity (Wildman–Crippen MR) is 97.6 cm³/mol. The first kappa shape index (κ1) is 18.6. The zero-order valence-corrected chi connectivity index (χ0v) is 15.3. The highest BCUT2D eigenvalue weighted by atomic mass is 16.5. The molecular formula is C20H25NO4. The van der Waals surface area contributed by atoms with Crippen molar-refractivity contribution in [2.45, 2.75) is 32.9 Å². The molecule has 1 N–H and O–H groups in total. The summed E-state index contributed by atoms with van der Waals surface area (Å²) < 4.78 is 16.1. The van der Waals surface area contributed by atoms with E-state index < -0.39 is 0 Å². The number of hydrogen-bond donors (Lipinski definition) is 1. The van der Waals surface area contributed by atoms with Crippen molar-refractivity contribution in [1.29, 1.82) is 0 Å². The van der Waals surface area contributed by atoms with Gasteiger partial charge in [0.2, 0.25) is 0 Å². The lowest BCUT2D eigenvalue weighted by Gasteiger charge is -2.17. The quantitative estimate of drug-likeness (QED) is 0.826.